The summed E-state index contributed by atoms with van der Waals surface area (Å²) in [7, 11) is 0. The minimum Gasteiger partial charge on any atom is -0.312 e. The van der Waals surface area contributed by atoms with Gasteiger partial charge in [0.15, 0.2) is 0 Å². The van der Waals surface area contributed by atoms with Crippen molar-refractivity contribution in [2.75, 3.05) is 12.4 Å². The van der Waals surface area contributed by atoms with E-state index >= 15 is 0 Å². The maximum atomic E-state index is 5.71. The van der Waals surface area contributed by atoms with Crippen LogP contribution in [0.2, 0.25) is 0 Å². The van der Waals surface area contributed by atoms with E-state index in [2.05, 4.69) is 44.3 Å². The molecule has 0 amide bonds. The molecule has 2 heteroatoms. The average molecular weight is 240 g/mol. The average Bonchev–Trinajstić information content (AvgIpc) is 2.23. The fourth-order valence-corrected chi connectivity index (χ4v) is 2.23. The molecule has 1 aromatic carbocycles. The van der Waals surface area contributed by atoms with Gasteiger partial charge in [-0.25, -0.2) is 0 Å². The van der Waals surface area contributed by atoms with Crippen molar-refractivity contribution in [2.24, 2.45) is 5.92 Å². The maximum absolute atomic E-state index is 5.71. The number of hydrogen-bond acceptors (Lipinski definition) is 1. The minimum absolute atomic E-state index is 0.654. The lowest BCUT2D eigenvalue weighted by molar-refractivity contribution is 0.501. The highest BCUT2D eigenvalue weighted by Gasteiger charge is 2.03. The Morgan fingerprint density at radius 2 is 1.88 bits per heavy atom. The molecule has 0 saturated heterocycles. The third kappa shape index (κ3) is 4.15. The zero-order valence-electron chi connectivity index (χ0n) is 10.5. The van der Waals surface area contributed by atoms with Crippen molar-refractivity contribution in [1.29, 1.82) is 0 Å². The standard InChI is InChI=1S/C14H22ClN/c1-11(7-8-15)9-16-10-14-12(2)5-4-6-13(14)3/h4-6,11,16H,7-10H2,1-3H3. The lowest BCUT2D eigenvalue weighted by atomic mass is 10.0. The summed E-state index contributed by atoms with van der Waals surface area (Å²) in [6.45, 7) is 8.59. The quantitative estimate of drug-likeness (QED) is 0.748. The Labute approximate surface area is 104 Å². The number of benzene rings is 1. The molecule has 0 fully saturated rings. The summed E-state index contributed by atoms with van der Waals surface area (Å²) in [4.78, 5) is 0. The third-order valence-electron chi connectivity index (χ3n) is 3.04. The molecule has 0 spiro atoms. The van der Waals surface area contributed by atoms with E-state index in [9.17, 15) is 0 Å². The monoisotopic (exact) mass is 239 g/mol. The van der Waals surface area contributed by atoms with Crippen molar-refractivity contribution in [3.05, 3.63) is 34.9 Å². The molecule has 16 heavy (non-hydrogen) atoms. The zero-order valence-corrected chi connectivity index (χ0v) is 11.3. The van der Waals surface area contributed by atoms with Crippen LogP contribution in [-0.4, -0.2) is 12.4 Å². The van der Waals surface area contributed by atoms with E-state index in [1.54, 1.807) is 0 Å². The van der Waals surface area contributed by atoms with Crippen LogP contribution in [-0.2, 0) is 6.54 Å². The van der Waals surface area contributed by atoms with E-state index in [1.165, 1.54) is 16.7 Å². The van der Waals surface area contributed by atoms with Crippen LogP contribution < -0.4 is 5.32 Å². The predicted molar refractivity (Wildman–Crippen MR) is 72.1 cm³/mol. The molecule has 0 aliphatic rings. The van der Waals surface area contributed by atoms with Crippen molar-refractivity contribution < 1.29 is 0 Å². The van der Waals surface area contributed by atoms with Crippen molar-refractivity contribution in [1.82, 2.24) is 5.32 Å². The Hall–Kier alpha value is -0.530. The molecular weight excluding hydrogens is 218 g/mol. The summed E-state index contributed by atoms with van der Waals surface area (Å²) in [6.07, 6.45) is 1.08. The van der Waals surface area contributed by atoms with Gasteiger partial charge < -0.3 is 5.32 Å². The normalized spacial score (nSPS) is 12.8. The molecule has 0 aliphatic carbocycles. The molecule has 0 saturated carbocycles. The fraction of sp³-hybridized carbons (Fsp3) is 0.571. The second-order valence-corrected chi connectivity index (χ2v) is 4.96. The molecule has 0 aromatic heterocycles. The van der Waals surface area contributed by atoms with Crippen molar-refractivity contribution in [2.45, 2.75) is 33.7 Å². The SMILES string of the molecule is Cc1cccc(C)c1CNCC(C)CCCl. The summed E-state index contributed by atoms with van der Waals surface area (Å²) in [6, 6.07) is 6.46. The van der Waals surface area contributed by atoms with Crippen molar-refractivity contribution in [3.8, 4) is 0 Å². The Morgan fingerprint density at radius 1 is 1.25 bits per heavy atom. The van der Waals surface area contributed by atoms with Gasteiger partial charge in [0, 0.05) is 12.4 Å². The molecule has 0 bridgehead atoms. The van der Waals surface area contributed by atoms with Crippen LogP contribution in [0.15, 0.2) is 18.2 Å². The van der Waals surface area contributed by atoms with Gasteiger partial charge in [-0.05, 0) is 49.4 Å². The molecule has 0 heterocycles. The molecule has 0 radical (unpaired) electrons. The number of halogens is 1. The Bertz CT molecular complexity index is 302. The lowest BCUT2D eigenvalue weighted by Gasteiger charge is -2.14. The first-order chi connectivity index (χ1) is 7.65. The second kappa shape index (κ2) is 6.93. The highest BCUT2D eigenvalue weighted by Crippen LogP contribution is 2.13. The van der Waals surface area contributed by atoms with Crippen LogP contribution in [0, 0.1) is 19.8 Å². The van der Waals surface area contributed by atoms with Gasteiger partial charge in [0.2, 0.25) is 0 Å². The smallest absolute Gasteiger partial charge is 0.0226 e. The Balaban J connectivity index is 2.43. The summed E-state index contributed by atoms with van der Waals surface area (Å²) < 4.78 is 0. The summed E-state index contributed by atoms with van der Waals surface area (Å²) in [5.41, 5.74) is 4.18. The highest BCUT2D eigenvalue weighted by molar-refractivity contribution is 6.17. The van der Waals surface area contributed by atoms with E-state index < -0.39 is 0 Å². The molecule has 1 atom stereocenters. The number of hydrogen-bond donors (Lipinski definition) is 1. The van der Waals surface area contributed by atoms with Gasteiger partial charge >= 0.3 is 0 Å². The van der Waals surface area contributed by atoms with E-state index in [-0.39, 0.29) is 0 Å². The van der Waals surface area contributed by atoms with Gasteiger partial charge in [-0.2, -0.15) is 0 Å². The van der Waals surface area contributed by atoms with E-state index in [4.69, 9.17) is 11.6 Å². The molecular formula is C14H22ClN. The predicted octanol–water partition coefficient (Wildman–Crippen LogP) is 3.66. The van der Waals surface area contributed by atoms with E-state index in [0.717, 1.165) is 25.4 Å². The summed E-state index contributed by atoms with van der Waals surface area (Å²) in [5, 5.41) is 3.51. The maximum Gasteiger partial charge on any atom is 0.0226 e. The second-order valence-electron chi connectivity index (χ2n) is 4.58. The van der Waals surface area contributed by atoms with E-state index in [1.807, 2.05) is 0 Å². The number of aryl methyl sites for hydroxylation is 2. The first kappa shape index (κ1) is 13.5. The number of rotatable bonds is 6. The fourth-order valence-electron chi connectivity index (χ4n) is 1.86. The van der Waals surface area contributed by atoms with Gasteiger partial charge in [-0.3, -0.25) is 0 Å². The third-order valence-corrected chi connectivity index (χ3v) is 3.26. The van der Waals surface area contributed by atoms with Gasteiger partial charge in [0.1, 0.15) is 0 Å². The molecule has 1 nitrogen and oxygen atoms in total. The molecule has 90 valence electrons. The molecule has 1 rings (SSSR count). The largest absolute Gasteiger partial charge is 0.312 e. The Morgan fingerprint density at radius 3 is 2.44 bits per heavy atom. The van der Waals surface area contributed by atoms with E-state index in [0.29, 0.717) is 5.92 Å². The van der Waals surface area contributed by atoms with Crippen LogP contribution in [0.3, 0.4) is 0 Å². The van der Waals surface area contributed by atoms with Crippen LogP contribution in [0.25, 0.3) is 0 Å². The number of alkyl halides is 1. The summed E-state index contributed by atoms with van der Waals surface area (Å²) >= 11 is 5.71. The van der Waals surface area contributed by atoms with Crippen LogP contribution in [0.5, 0.6) is 0 Å². The molecule has 1 aromatic rings. The molecule has 1 unspecified atom stereocenters. The van der Waals surface area contributed by atoms with Gasteiger partial charge in [-0.15, -0.1) is 11.6 Å². The topological polar surface area (TPSA) is 12.0 Å². The van der Waals surface area contributed by atoms with Gasteiger partial charge in [-0.1, -0.05) is 25.1 Å². The van der Waals surface area contributed by atoms with Crippen molar-refractivity contribution in [3.63, 3.8) is 0 Å². The van der Waals surface area contributed by atoms with Crippen molar-refractivity contribution >= 4 is 11.6 Å². The summed E-state index contributed by atoms with van der Waals surface area (Å²) in [5.74, 6) is 1.41. The molecule has 0 aliphatic heterocycles. The first-order valence-electron chi connectivity index (χ1n) is 5.97. The zero-order chi connectivity index (χ0) is 12.0. The van der Waals surface area contributed by atoms with Crippen LogP contribution in [0.1, 0.15) is 30.0 Å². The Kier molecular flexibility index (Phi) is 5.86. The lowest BCUT2D eigenvalue weighted by Crippen LogP contribution is -2.21. The first-order valence-corrected chi connectivity index (χ1v) is 6.50. The highest BCUT2D eigenvalue weighted by atomic mass is 35.5. The van der Waals surface area contributed by atoms with Gasteiger partial charge in [0.25, 0.3) is 0 Å². The minimum atomic E-state index is 0.654. The van der Waals surface area contributed by atoms with Gasteiger partial charge in [0.05, 0.1) is 0 Å². The number of nitrogens with one attached hydrogen (secondary N) is 1. The molecule has 1 N–H and O–H groups in total. The van der Waals surface area contributed by atoms with Crippen LogP contribution >= 0.6 is 11.6 Å². The van der Waals surface area contributed by atoms with Crippen LogP contribution in [0.4, 0.5) is 0 Å².